The van der Waals surface area contributed by atoms with Crippen LogP contribution >= 0.6 is 22.9 Å². The quantitative estimate of drug-likeness (QED) is 0.201. The van der Waals surface area contributed by atoms with Gasteiger partial charge in [-0.1, -0.05) is 17.7 Å². The van der Waals surface area contributed by atoms with Gasteiger partial charge < -0.3 is 19.1 Å². The molecule has 10 nitrogen and oxygen atoms in total. The number of hydrogen-bond donors (Lipinski definition) is 1. The molecule has 3 atom stereocenters. The van der Waals surface area contributed by atoms with E-state index in [0.717, 1.165) is 23.8 Å². The summed E-state index contributed by atoms with van der Waals surface area (Å²) in [7, 11) is 0. The lowest BCUT2D eigenvalue weighted by molar-refractivity contribution is 0.0205. The van der Waals surface area contributed by atoms with Gasteiger partial charge in [0.25, 0.3) is 5.92 Å². The molecule has 0 bridgehead atoms. The molecule has 1 amide bonds. The minimum atomic E-state index is -3.09. The number of nitrogens with one attached hydrogen (secondary N) is 1. The van der Waals surface area contributed by atoms with Gasteiger partial charge in [-0.3, -0.25) is 10.2 Å². The number of amides is 1. The molecule has 17 heteroatoms. The largest absolute Gasteiger partial charge is 0.489 e. The lowest BCUT2D eigenvalue weighted by Gasteiger charge is -2.31. The van der Waals surface area contributed by atoms with E-state index >= 15 is 8.78 Å². The molecule has 4 aliphatic heterocycles. The van der Waals surface area contributed by atoms with Crippen molar-refractivity contribution in [2.75, 3.05) is 43.1 Å². The molecule has 6 heterocycles. The van der Waals surface area contributed by atoms with Crippen LogP contribution in [0.5, 0.6) is 11.8 Å². The summed E-state index contributed by atoms with van der Waals surface area (Å²) < 4.78 is 94.2. The number of fused-ring (bicyclic) bond motifs is 4. The summed E-state index contributed by atoms with van der Waals surface area (Å²) in [5, 5.41) is 12.4. The first-order chi connectivity index (χ1) is 24.6. The van der Waals surface area contributed by atoms with Crippen LogP contribution in [0.2, 0.25) is 5.02 Å². The average Bonchev–Trinajstić information content (AvgIpc) is 3.76. The van der Waals surface area contributed by atoms with Crippen LogP contribution in [0.15, 0.2) is 12.1 Å². The predicted octanol–water partition coefficient (Wildman–Crippen LogP) is 8.22. The van der Waals surface area contributed by atoms with Gasteiger partial charge in [0.05, 0.1) is 38.8 Å². The van der Waals surface area contributed by atoms with Gasteiger partial charge in [-0.25, -0.2) is 26.7 Å². The minimum Gasteiger partial charge on any atom is -0.489 e. The Balaban J connectivity index is 1.31. The number of ether oxygens (including phenoxy) is 3. The second-order valence-electron chi connectivity index (χ2n) is 14.7. The Labute approximate surface area is 303 Å². The van der Waals surface area contributed by atoms with Gasteiger partial charge in [-0.05, 0) is 51.8 Å². The number of rotatable bonds is 5. The number of carbonyl (C=O) groups excluding carboxylic acids is 1. The van der Waals surface area contributed by atoms with Crippen LogP contribution in [-0.4, -0.2) is 83.1 Å². The molecule has 0 radical (unpaired) electrons. The molecule has 274 valence electrons. The third kappa shape index (κ3) is 5.72. The molecule has 4 aliphatic rings. The number of thiophene rings is 1. The molecule has 0 spiro atoms. The van der Waals surface area contributed by atoms with Gasteiger partial charge >= 0.3 is 12.1 Å². The lowest BCUT2D eigenvalue weighted by atomic mass is 9.95. The second-order valence-corrected chi connectivity index (χ2v) is 16.1. The van der Waals surface area contributed by atoms with Crippen molar-refractivity contribution in [2.24, 2.45) is 0 Å². The van der Waals surface area contributed by atoms with Crippen molar-refractivity contribution in [3.63, 3.8) is 0 Å². The maximum Gasteiger partial charge on any atom is 0.412 e. The van der Waals surface area contributed by atoms with Crippen LogP contribution in [0.3, 0.4) is 0 Å². The van der Waals surface area contributed by atoms with E-state index in [1.807, 2.05) is 11.0 Å². The van der Waals surface area contributed by atoms with Gasteiger partial charge in [0, 0.05) is 30.3 Å². The fourth-order valence-corrected chi connectivity index (χ4v) is 9.37. The number of nitrogens with zero attached hydrogens (tertiary/aromatic N) is 5. The monoisotopic (exact) mass is 762 g/mol. The third-order valence-corrected chi connectivity index (χ3v) is 11.5. The molecule has 0 unspecified atom stereocenters. The van der Waals surface area contributed by atoms with Gasteiger partial charge in [-0.2, -0.15) is 15.2 Å². The standard InChI is InChI=1S/C35H32ClF5N6O4S/c1-33(2,3)51-32(48)45-30-19(11-42)21-18(5-6-20(38)28(21)52-30)22-24(36)27-23-26(25(22)39)43-31(50-15-34-7-4-8-46(34)12-16(37)9-34)44-29(23)47-14-35(40,41)10-17(47)13-49-27/h5-6,16-17H,4,7-10,12-15H2,1-3H3,(H,45,48)/t16-,17+,34+/m1/s1. The van der Waals surface area contributed by atoms with E-state index < -0.39 is 60.0 Å². The highest BCUT2D eigenvalue weighted by molar-refractivity contribution is 7.23. The van der Waals surface area contributed by atoms with Gasteiger partial charge in [0.15, 0.2) is 11.6 Å². The molecule has 0 saturated carbocycles. The highest BCUT2D eigenvalue weighted by Crippen LogP contribution is 2.53. The van der Waals surface area contributed by atoms with Crippen molar-refractivity contribution in [2.45, 2.75) is 75.7 Å². The molecule has 8 rings (SSSR count). The Morgan fingerprint density at radius 3 is 2.77 bits per heavy atom. The van der Waals surface area contributed by atoms with Crippen LogP contribution < -0.4 is 19.7 Å². The number of anilines is 2. The Bertz CT molecular complexity index is 2210. The second kappa shape index (κ2) is 12.2. The summed E-state index contributed by atoms with van der Waals surface area (Å²) in [5.74, 6) is -5.00. The van der Waals surface area contributed by atoms with Crippen LogP contribution in [0, 0.1) is 23.0 Å². The molecule has 2 aromatic carbocycles. The molecule has 1 N–H and O–H groups in total. The van der Waals surface area contributed by atoms with Crippen LogP contribution in [0.25, 0.3) is 32.1 Å². The Morgan fingerprint density at radius 2 is 2.02 bits per heavy atom. The van der Waals surface area contributed by atoms with Gasteiger partial charge in [0.1, 0.15) is 53.2 Å². The molecule has 52 heavy (non-hydrogen) atoms. The van der Waals surface area contributed by atoms with Crippen molar-refractivity contribution in [1.29, 1.82) is 5.26 Å². The van der Waals surface area contributed by atoms with E-state index in [-0.39, 0.29) is 91.5 Å². The van der Waals surface area contributed by atoms with Crippen molar-refractivity contribution in [1.82, 2.24) is 14.9 Å². The number of hydrogen-bond acceptors (Lipinski definition) is 10. The summed E-state index contributed by atoms with van der Waals surface area (Å²) in [6.07, 6.45) is -0.720. The summed E-state index contributed by atoms with van der Waals surface area (Å²) in [5.41, 5.74) is -2.31. The van der Waals surface area contributed by atoms with Crippen molar-refractivity contribution in [3.05, 3.63) is 34.4 Å². The smallest absolute Gasteiger partial charge is 0.412 e. The van der Waals surface area contributed by atoms with Crippen LogP contribution in [0.1, 0.15) is 52.0 Å². The summed E-state index contributed by atoms with van der Waals surface area (Å²) in [6, 6.07) is 3.16. The van der Waals surface area contributed by atoms with Crippen LogP contribution in [0.4, 0.5) is 37.6 Å². The van der Waals surface area contributed by atoms with Crippen molar-refractivity contribution >= 4 is 60.8 Å². The topological polar surface area (TPSA) is 113 Å². The molecular formula is C35H32ClF5N6O4S. The number of aromatic nitrogens is 2. The number of carbonyl (C=O) groups is 1. The number of halogens is 6. The van der Waals surface area contributed by atoms with Gasteiger partial charge in [-0.15, -0.1) is 11.3 Å². The summed E-state index contributed by atoms with van der Waals surface area (Å²) >= 11 is 7.72. The minimum absolute atomic E-state index is 0.00415. The summed E-state index contributed by atoms with van der Waals surface area (Å²) in [4.78, 5) is 25.0. The Hall–Kier alpha value is -4.20. The summed E-state index contributed by atoms with van der Waals surface area (Å²) in [6.45, 7) is 4.95. The third-order valence-electron chi connectivity index (χ3n) is 10.0. The van der Waals surface area contributed by atoms with Crippen LogP contribution in [-0.2, 0) is 4.74 Å². The van der Waals surface area contributed by atoms with Gasteiger partial charge in [0.2, 0.25) is 0 Å². The van der Waals surface area contributed by atoms with E-state index in [1.54, 1.807) is 20.8 Å². The molecule has 3 saturated heterocycles. The van der Waals surface area contributed by atoms with Crippen molar-refractivity contribution < 1.29 is 41.0 Å². The number of nitriles is 1. The Kier molecular flexibility index (Phi) is 8.16. The molecule has 3 fully saturated rings. The fraction of sp³-hybridized carbons (Fsp3) is 0.486. The zero-order valence-electron chi connectivity index (χ0n) is 28.2. The fourth-order valence-electron chi connectivity index (χ4n) is 7.97. The molecule has 4 aromatic rings. The van der Waals surface area contributed by atoms with Crippen molar-refractivity contribution in [3.8, 4) is 29.0 Å². The Morgan fingerprint density at radius 1 is 1.23 bits per heavy atom. The number of benzene rings is 2. The first kappa shape index (κ1) is 34.9. The number of alkyl halides is 3. The predicted molar refractivity (Wildman–Crippen MR) is 185 cm³/mol. The first-order valence-electron chi connectivity index (χ1n) is 16.8. The zero-order valence-corrected chi connectivity index (χ0v) is 29.8. The maximum absolute atomic E-state index is 17.2. The molecule has 0 aliphatic carbocycles. The van der Waals surface area contributed by atoms with E-state index in [4.69, 9.17) is 25.8 Å². The highest BCUT2D eigenvalue weighted by atomic mass is 35.5. The normalized spacial score (nSPS) is 23.7. The SMILES string of the molecule is CC(C)(C)OC(=O)Nc1sc2c(F)ccc(-c3c(Cl)c4c5c(nc(OC[C@@]67CCCN6C[C@H](F)C7)nc5c3F)N3CC(F)(F)C[C@H]3CO4)c2c1C#N. The average molecular weight is 763 g/mol. The lowest BCUT2D eigenvalue weighted by Crippen LogP contribution is -2.43. The van der Waals surface area contributed by atoms with E-state index in [0.29, 0.717) is 13.0 Å². The highest BCUT2D eigenvalue weighted by Gasteiger charge is 2.51. The first-order valence-corrected chi connectivity index (χ1v) is 17.9. The van der Waals surface area contributed by atoms with E-state index in [1.165, 1.54) is 11.0 Å². The molecule has 2 aromatic heterocycles. The molecular weight excluding hydrogens is 731 g/mol. The zero-order chi connectivity index (χ0) is 36.9. The maximum atomic E-state index is 17.2. The van der Waals surface area contributed by atoms with E-state index in [9.17, 15) is 23.2 Å². The van der Waals surface area contributed by atoms with E-state index in [2.05, 4.69) is 15.3 Å².